The van der Waals surface area contributed by atoms with E-state index in [2.05, 4.69) is 28.2 Å². The van der Waals surface area contributed by atoms with Crippen LogP contribution < -0.4 is 5.73 Å². The number of hydrogen-bond acceptors (Lipinski definition) is 5. The summed E-state index contributed by atoms with van der Waals surface area (Å²) in [6.07, 6.45) is 8.09. The first-order valence-electron chi connectivity index (χ1n) is 12.2. The number of fused-ring (bicyclic) bond motifs is 1. The third-order valence-corrected chi connectivity index (χ3v) is 7.25. The molecule has 0 unspecified atom stereocenters. The van der Waals surface area contributed by atoms with Crippen molar-refractivity contribution in [2.45, 2.75) is 39.2 Å². The molecule has 36 heavy (non-hydrogen) atoms. The standard InChI is InChI=1S/C28H29ClN6O/c1-17-8-10-19(11-9-17)16-35-26-23(33-28(35)18(2)20-6-4-3-5-7-20)13-24(27(30)34-36)32-25(26)21-12-22(29)15-31-14-21/h3-7,12-15,17,19,36H,2,8-11,16H2,1H3,(H2,30,34). The van der Waals surface area contributed by atoms with Crippen molar-refractivity contribution in [3.63, 3.8) is 0 Å². The molecule has 3 N–H and O–H groups in total. The molecule has 1 aromatic carbocycles. The molecule has 1 aliphatic carbocycles. The van der Waals surface area contributed by atoms with Gasteiger partial charge in [-0.05, 0) is 42.4 Å². The van der Waals surface area contributed by atoms with Gasteiger partial charge in [-0.25, -0.2) is 9.97 Å². The average Bonchev–Trinajstić information content (AvgIpc) is 3.27. The lowest BCUT2D eigenvalue weighted by molar-refractivity contribution is 0.266. The zero-order valence-corrected chi connectivity index (χ0v) is 21.0. The lowest BCUT2D eigenvalue weighted by atomic mass is 9.83. The van der Waals surface area contributed by atoms with Gasteiger partial charge in [0.15, 0.2) is 5.84 Å². The smallest absolute Gasteiger partial charge is 0.188 e. The van der Waals surface area contributed by atoms with Crippen LogP contribution in [0.1, 0.15) is 49.7 Å². The van der Waals surface area contributed by atoms with Gasteiger partial charge in [-0.15, -0.1) is 0 Å². The average molecular weight is 501 g/mol. The fourth-order valence-electron chi connectivity index (χ4n) is 5.03. The Labute approximate surface area is 215 Å². The van der Waals surface area contributed by atoms with Gasteiger partial charge in [0, 0.05) is 30.1 Å². The molecule has 1 saturated carbocycles. The molecule has 1 fully saturated rings. The highest BCUT2D eigenvalue weighted by molar-refractivity contribution is 6.30. The number of aromatic nitrogens is 4. The summed E-state index contributed by atoms with van der Waals surface area (Å²) in [5.74, 6) is 1.98. The summed E-state index contributed by atoms with van der Waals surface area (Å²) in [4.78, 5) is 14.1. The molecular formula is C28H29ClN6O. The van der Waals surface area contributed by atoms with Gasteiger partial charge in [-0.3, -0.25) is 4.98 Å². The van der Waals surface area contributed by atoms with E-state index >= 15 is 0 Å². The highest BCUT2D eigenvalue weighted by Crippen LogP contribution is 2.36. The first-order chi connectivity index (χ1) is 17.4. The molecule has 0 amide bonds. The monoisotopic (exact) mass is 500 g/mol. The van der Waals surface area contributed by atoms with Crippen LogP contribution >= 0.6 is 11.6 Å². The molecule has 1 aliphatic rings. The molecule has 0 saturated heterocycles. The van der Waals surface area contributed by atoms with Gasteiger partial charge in [0.25, 0.3) is 0 Å². The third-order valence-electron chi connectivity index (χ3n) is 7.04. The zero-order valence-electron chi connectivity index (χ0n) is 20.2. The van der Waals surface area contributed by atoms with Gasteiger partial charge < -0.3 is 15.5 Å². The maximum Gasteiger partial charge on any atom is 0.188 e. The van der Waals surface area contributed by atoms with Crippen LogP contribution in [0.5, 0.6) is 0 Å². The van der Waals surface area contributed by atoms with Gasteiger partial charge in [-0.1, -0.05) is 73.4 Å². The molecule has 0 atom stereocenters. The van der Waals surface area contributed by atoms with Crippen LogP contribution in [0.2, 0.25) is 5.02 Å². The van der Waals surface area contributed by atoms with Crippen molar-refractivity contribution >= 4 is 34.0 Å². The van der Waals surface area contributed by atoms with E-state index in [1.807, 2.05) is 36.4 Å². The van der Waals surface area contributed by atoms with E-state index in [4.69, 9.17) is 27.3 Å². The zero-order chi connectivity index (χ0) is 25.2. The lowest BCUT2D eigenvalue weighted by Crippen LogP contribution is -2.19. The van der Waals surface area contributed by atoms with Crippen molar-refractivity contribution in [1.29, 1.82) is 0 Å². The van der Waals surface area contributed by atoms with E-state index in [1.54, 1.807) is 18.5 Å². The molecule has 0 bridgehead atoms. The molecule has 3 heterocycles. The number of oxime groups is 1. The van der Waals surface area contributed by atoms with Crippen molar-refractivity contribution in [3.8, 4) is 11.3 Å². The van der Waals surface area contributed by atoms with E-state index in [9.17, 15) is 5.21 Å². The Bertz CT molecular complexity index is 1440. The third kappa shape index (κ3) is 4.71. The summed E-state index contributed by atoms with van der Waals surface area (Å²) >= 11 is 6.31. The number of hydrogen-bond donors (Lipinski definition) is 2. The molecule has 7 nitrogen and oxygen atoms in total. The topological polar surface area (TPSA) is 102 Å². The number of halogens is 1. The Hall–Kier alpha value is -3.71. The summed E-state index contributed by atoms with van der Waals surface area (Å²) in [5, 5.41) is 13.0. The van der Waals surface area contributed by atoms with E-state index in [0.717, 1.165) is 40.5 Å². The molecule has 0 radical (unpaired) electrons. The number of imidazole rings is 1. The van der Waals surface area contributed by atoms with Crippen LogP contribution in [-0.4, -0.2) is 30.6 Å². The first kappa shape index (κ1) is 24.0. The van der Waals surface area contributed by atoms with Gasteiger partial charge in [-0.2, -0.15) is 0 Å². The fourth-order valence-corrected chi connectivity index (χ4v) is 5.20. The summed E-state index contributed by atoms with van der Waals surface area (Å²) < 4.78 is 2.24. The Kier molecular flexibility index (Phi) is 6.74. The highest BCUT2D eigenvalue weighted by atomic mass is 35.5. The maximum atomic E-state index is 9.35. The van der Waals surface area contributed by atoms with E-state index < -0.39 is 0 Å². The fraction of sp³-hybridized carbons (Fsp3) is 0.286. The molecule has 0 aliphatic heterocycles. The summed E-state index contributed by atoms with van der Waals surface area (Å²) in [5.41, 5.74) is 11.0. The van der Waals surface area contributed by atoms with Gasteiger partial charge >= 0.3 is 0 Å². The Morgan fingerprint density at radius 3 is 2.58 bits per heavy atom. The molecule has 3 aromatic heterocycles. The Morgan fingerprint density at radius 2 is 1.89 bits per heavy atom. The minimum atomic E-state index is -0.0904. The second-order valence-corrected chi connectivity index (χ2v) is 10.1. The van der Waals surface area contributed by atoms with Crippen molar-refractivity contribution in [1.82, 2.24) is 19.5 Å². The van der Waals surface area contributed by atoms with Crippen molar-refractivity contribution in [2.24, 2.45) is 22.7 Å². The second kappa shape index (κ2) is 10.1. The summed E-state index contributed by atoms with van der Waals surface area (Å²) in [7, 11) is 0. The Morgan fingerprint density at radius 1 is 1.14 bits per heavy atom. The second-order valence-electron chi connectivity index (χ2n) is 9.62. The quantitative estimate of drug-likeness (QED) is 0.143. The number of nitrogens with two attached hydrogens (primary N) is 1. The molecule has 184 valence electrons. The number of nitrogens with zero attached hydrogens (tertiary/aromatic N) is 5. The van der Waals surface area contributed by atoms with E-state index in [-0.39, 0.29) is 5.84 Å². The normalized spacial score (nSPS) is 18.4. The summed E-state index contributed by atoms with van der Waals surface area (Å²) in [6, 6.07) is 13.6. The number of pyridine rings is 2. The van der Waals surface area contributed by atoms with E-state index in [1.165, 1.54) is 25.7 Å². The van der Waals surface area contributed by atoms with Crippen LogP contribution in [-0.2, 0) is 6.54 Å². The Balaban J connectivity index is 1.76. The van der Waals surface area contributed by atoms with Crippen molar-refractivity contribution < 1.29 is 5.21 Å². The molecule has 5 rings (SSSR count). The van der Waals surface area contributed by atoms with Gasteiger partial charge in [0.05, 0.1) is 21.7 Å². The maximum absolute atomic E-state index is 9.35. The molecule has 0 spiro atoms. The SMILES string of the molecule is C=C(c1ccccc1)c1nc2cc(/C(N)=N/O)nc(-c3cncc(Cl)c3)c2n1CC1CCC(C)CC1. The van der Waals surface area contributed by atoms with Crippen molar-refractivity contribution in [3.05, 3.63) is 83.5 Å². The van der Waals surface area contributed by atoms with E-state index in [0.29, 0.717) is 27.8 Å². The predicted molar refractivity (Wildman–Crippen MR) is 144 cm³/mol. The molecular weight excluding hydrogens is 472 g/mol. The number of amidine groups is 1. The minimum Gasteiger partial charge on any atom is -0.409 e. The van der Waals surface area contributed by atoms with Gasteiger partial charge in [0.1, 0.15) is 11.5 Å². The minimum absolute atomic E-state index is 0.0904. The van der Waals surface area contributed by atoms with Crippen LogP contribution in [0.3, 0.4) is 0 Å². The largest absolute Gasteiger partial charge is 0.409 e. The van der Waals surface area contributed by atoms with Crippen LogP contribution in [0.4, 0.5) is 0 Å². The number of benzene rings is 1. The van der Waals surface area contributed by atoms with Gasteiger partial charge in [0.2, 0.25) is 0 Å². The first-order valence-corrected chi connectivity index (χ1v) is 12.6. The van der Waals surface area contributed by atoms with Crippen LogP contribution in [0, 0.1) is 11.8 Å². The van der Waals surface area contributed by atoms with Crippen molar-refractivity contribution in [2.75, 3.05) is 0 Å². The van der Waals surface area contributed by atoms with Crippen LogP contribution in [0.25, 0.3) is 27.9 Å². The molecule has 4 aromatic rings. The van der Waals surface area contributed by atoms with Crippen LogP contribution in [0.15, 0.2) is 66.6 Å². The lowest BCUT2D eigenvalue weighted by Gasteiger charge is -2.27. The summed E-state index contributed by atoms with van der Waals surface area (Å²) in [6.45, 7) is 7.55. The number of rotatable bonds is 6. The highest BCUT2D eigenvalue weighted by Gasteiger charge is 2.25. The predicted octanol–water partition coefficient (Wildman–Crippen LogP) is 6.13. The molecule has 8 heteroatoms.